The molecule has 0 fully saturated rings. The standard InChI is InChI=1S/C15H19N3O2/c1-10-5-6-12(15(19)20-4)7-14(10)16-8-13-9-17-18(3)11(13)2/h5-7,9,16H,8H2,1-4H3. The highest BCUT2D eigenvalue weighted by molar-refractivity contribution is 5.90. The van der Waals surface area contributed by atoms with E-state index in [9.17, 15) is 4.79 Å². The monoisotopic (exact) mass is 273 g/mol. The molecule has 0 unspecified atom stereocenters. The number of carbonyl (C=O) groups excluding carboxylic acids is 1. The predicted molar refractivity (Wildman–Crippen MR) is 77.8 cm³/mol. The summed E-state index contributed by atoms with van der Waals surface area (Å²) in [5, 5.41) is 7.55. The molecule has 0 aliphatic rings. The molecule has 0 amide bonds. The number of benzene rings is 1. The Morgan fingerprint density at radius 2 is 2.15 bits per heavy atom. The smallest absolute Gasteiger partial charge is 0.337 e. The number of esters is 1. The quantitative estimate of drug-likeness (QED) is 0.869. The van der Waals surface area contributed by atoms with Crippen molar-refractivity contribution >= 4 is 11.7 Å². The lowest BCUT2D eigenvalue weighted by Crippen LogP contribution is -2.06. The van der Waals surface area contributed by atoms with Crippen LogP contribution in [0.5, 0.6) is 0 Å². The largest absolute Gasteiger partial charge is 0.465 e. The number of aromatic nitrogens is 2. The van der Waals surface area contributed by atoms with Gasteiger partial charge in [0.1, 0.15) is 0 Å². The summed E-state index contributed by atoms with van der Waals surface area (Å²) in [6.07, 6.45) is 1.85. The Kier molecular flexibility index (Phi) is 4.08. The topological polar surface area (TPSA) is 56.1 Å². The molecule has 20 heavy (non-hydrogen) atoms. The lowest BCUT2D eigenvalue weighted by molar-refractivity contribution is 0.0601. The van der Waals surface area contributed by atoms with Crippen LogP contribution in [0.3, 0.4) is 0 Å². The highest BCUT2D eigenvalue weighted by Gasteiger charge is 2.09. The first-order valence-electron chi connectivity index (χ1n) is 6.43. The molecule has 5 heteroatoms. The van der Waals surface area contributed by atoms with E-state index >= 15 is 0 Å². The Morgan fingerprint density at radius 3 is 2.75 bits per heavy atom. The molecule has 0 saturated heterocycles. The van der Waals surface area contributed by atoms with Crippen molar-refractivity contribution in [3.8, 4) is 0 Å². The fourth-order valence-electron chi connectivity index (χ4n) is 1.97. The molecule has 0 saturated carbocycles. The predicted octanol–water partition coefficient (Wildman–Crippen LogP) is 2.44. The lowest BCUT2D eigenvalue weighted by Gasteiger charge is -2.11. The summed E-state index contributed by atoms with van der Waals surface area (Å²) in [6.45, 7) is 4.70. The van der Waals surface area contributed by atoms with Crippen molar-refractivity contribution < 1.29 is 9.53 Å². The molecule has 0 aliphatic carbocycles. The van der Waals surface area contributed by atoms with Crippen molar-refractivity contribution in [1.82, 2.24) is 9.78 Å². The second-order valence-electron chi connectivity index (χ2n) is 4.75. The van der Waals surface area contributed by atoms with Crippen LogP contribution in [-0.2, 0) is 18.3 Å². The van der Waals surface area contributed by atoms with E-state index in [2.05, 4.69) is 10.4 Å². The third-order valence-corrected chi connectivity index (χ3v) is 3.46. The van der Waals surface area contributed by atoms with Gasteiger partial charge in [-0.25, -0.2) is 4.79 Å². The number of hydrogen-bond donors (Lipinski definition) is 1. The van der Waals surface area contributed by atoms with Crippen LogP contribution in [0.15, 0.2) is 24.4 Å². The van der Waals surface area contributed by atoms with E-state index in [0.29, 0.717) is 12.1 Å². The molecule has 1 N–H and O–H groups in total. The lowest BCUT2D eigenvalue weighted by atomic mass is 10.1. The zero-order valence-corrected chi connectivity index (χ0v) is 12.2. The Balaban J connectivity index is 2.16. The fourth-order valence-corrected chi connectivity index (χ4v) is 1.97. The molecule has 0 spiro atoms. The minimum absolute atomic E-state index is 0.328. The van der Waals surface area contributed by atoms with Crippen LogP contribution in [0.25, 0.3) is 0 Å². The maximum absolute atomic E-state index is 11.5. The maximum atomic E-state index is 11.5. The van der Waals surface area contributed by atoms with Crippen molar-refractivity contribution in [1.29, 1.82) is 0 Å². The summed E-state index contributed by atoms with van der Waals surface area (Å²) in [5.74, 6) is -0.328. The Hall–Kier alpha value is -2.30. The number of carbonyl (C=O) groups is 1. The number of anilines is 1. The number of nitrogens with one attached hydrogen (secondary N) is 1. The summed E-state index contributed by atoms with van der Waals surface area (Å²) >= 11 is 0. The van der Waals surface area contributed by atoms with E-state index in [1.165, 1.54) is 7.11 Å². The maximum Gasteiger partial charge on any atom is 0.337 e. The number of aryl methyl sites for hydroxylation is 2. The molecule has 1 aromatic heterocycles. The first-order valence-corrected chi connectivity index (χ1v) is 6.43. The molecule has 5 nitrogen and oxygen atoms in total. The van der Waals surface area contributed by atoms with Gasteiger partial charge in [0.2, 0.25) is 0 Å². The summed E-state index contributed by atoms with van der Waals surface area (Å²) in [7, 11) is 3.30. The molecular formula is C15H19N3O2. The van der Waals surface area contributed by atoms with Gasteiger partial charge in [-0.05, 0) is 31.5 Å². The summed E-state index contributed by atoms with van der Waals surface area (Å²) < 4.78 is 6.58. The second kappa shape index (κ2) is 5.77. The summed E-state index contributed by atoms with van der Waals surface area (Å²) in [4.78, 5) is 11.5. The second-order valence-corrected chi connectivity index (χ2v) is 4.75. The first-order chi connectivity index (χ1) is 9.52. The van der Waals surface area contributed by atoms with Gasteiger partial charge < -0.3 is 10.1 Å². The van der Waals surface area contributed by atoms with E-state index in [0.717, 1.165) is 22.5 Å². The third kappa shape index (κ3) is 2.82. The van der Waals surface area contributed by atoms with Gasteiger partial charge in [-0.15, -0.1) is 0 Å². The van der Waals surface area contributed by atoms with E-state index in [-0.39, 0.29) is 5.97 Å². The Labute approximate surface area is 118 Å². The average Bonchev–Trinajstić information content (AvgIpc) is 2.77. The van der Waals surface area contributed by atoms with Crippen LogP contribution in [0, 0.1) is 13.8 Å². The molecule has 0 atom stereocenters. The van der Waals surface area contributed by atoms with Gasteiger partial charge >= 0.3 is 5.97 Å². The van der Waals surface area contributed by atoms with Crippen LogP contribution in [0.1, 0.15) is 27.2 Å². The van der Waals surface area contributed by atoms with Crippen LogP contribution >= 0.6 is 0 Å². The van der Waals surface area contributed by atoms with Crippen LogP contribution in [0.4, 0.5) is 5.69 Å². The van der Waals surface area contributed by atoms with Crippen molar-refractivity contribution in [3.63, 3.8) is 0 Å². The van der Waals surface area contributed by atoms with Crippen molar-refractivity contribution in [2.45, 2.75) is 20.4 Å². The zero-order chi connectivity index (χ0) is 14.7. The molecule has 0 aliphatic heterocycles. The van der Waals surface area contributed by atoms with Gasteiger partial charge in [0.05, 0.1) is 18.9 Å². The van der Waals surface area contributed by atoms with Crippen LogP contribution in [0.2, 0.25) is 0 Å². The van der Waals surface area contributed by atoms with Crippen molar-refractivity contribution in [3.05, 3.63) is 46.8 Å². The number of methoxy groups -OCH3 is 1. The highest BCUT2D eigenvalue weighted by atomic mass is 16.5. The van der Waals surface area contributed by atoms with Gasteiger partial charge in [0.25, 0.3) is 0 Å². The van der Waals surface area contributed by atoms with E-state index in [1.807, 2.05) is 43.9 Å². The Morgan fingerprint density at radius 1 is 1.40 bits per heavy atom. The fraction of sp³-hybridized carbons (Fsp3) is 0.333. The summed E-state index contributed by atoms with van der Waals surface area (Å²) in [6, 6.07) is 5.49. The zero-order valence-electron chi connectivity index (χ0n) is 12.2. The average molecular weight is 273 g/mol. The van der Waals surface area contributed by atoms with Crippen molar-refractivity contribution in [2.24, 2.45) is 7.05 Å². The molecule has 0 radical (unpaired) electrons. The minimum Gasteiger partial charge on any atom is -0.465 e. The summed E-state index contributed by atoms with van der Waals surface area (Å²) in [5.41, 5.74) is 4.81. The molecule has 0 bridgehead atoms. The molecule has 106 valence electrons. The van der Waals surface area contributed by atoms with Gasteiger partial charge in [0, 0.05) is 30.5 Å². The van der Waals surface area contributed by atoms with E-state index in [1.54, 1.807) is 6.07 Å². The Bertz CT molecular complexity index is 632. The first kappa shape index (κ1) is 14.1. The highest BCUT2D eigenvalue weighted by Crippen LogP contribution is 2.19. The molecule has 1 aromatic carbocycles. The molecule has 1 heterocycles. The third-order valence-electron chi connectivity index (χ3n) is 3.46. The molecule has 2 rings (SSSR count). The minimum atomic E-state index is -0.328. The molecule has 2 aromatic rings. The van der Waals surface area contributed by atoms with Crippen molar-refractivity contribution in [2.75, 3.05) is 12.4 Å². The SMILES string of the molecule is COC(=O)c1ccc(C)c(NCc2cnn(C)c2C)c1. The van der Waals surface area contributed by atoms with Crippen LogP contribution in [-0.4, -0.2) is 22.9 Å². The van der Waals surface area contributed by atoms with E-state index in [4.69, 9.17) is 4.74 Å². The van der Waals surface area contributed by atoms with Gasteiger partial charge in [-0.3, -0.25) is 4.68 Å². The van der Waals surface area contributed by atoms with Gasteiger partial charge in [-0.1, -0.05) is 6.07 Å². The number of ether oxygens (including phenoxy) is 1. The number of rotatable bonds is 4. The van der Waals surface area contributed by atoms with Crippen LogP contribution < -0.4 is 5.32 Å². The van der Waals surface area contributed by atoms with E-state index < -0.39 is 0 Å². The van der Waals surface area contributed by atoms with Gasteiger partial charge in [-0.2, -0.15) is 5.10 Å². The normalized spacial score (nSPS) is 10.4. The van der Waals surface area contributed by atoms with Gasteiger partial charge in [0.15, 0.2) is 0 Å². The number of hydrogen-bond acceptors (Lipinski definition) is 4. The molecular weight excluding hydrogens is 254 g/mol. The number of nitrogens with zero attached hydrogens (tertiary/aromatic N) is 2.